The number of carbonyl (C=O) groups excluding carboxylic acids is 2. The fraction of sp³-hybridized carbons (Fsp3) is 0.897. The van der Waals surface area contributed by atoms with Crippen molar-refractivity contribution in [3.05, 3.63) is 12.2 Å². The summed E-state index contributed by atoms with van der Waals surface area (Å²) in [5.74, 6) is -0.925. The smallest absolute Gasteiger partial charge is 0.462 e. The third-order valence-electron chi connectivity index (χ3n) is 8.67. The lowest BCUT2D eigenvalue weighted by Crippen LogP contribution is -2.29. The SMILES string of the molecule is CCCCCCCC/C=C\CCCCCCCCCC(=O)OC[C@H](COP(=O)(O)OC[C@@H](O)CO)OC(=O)CCCCCCCCCCCC. The van der Waals surface area contributed by atoms with Crippen LogP contribution < -0.4 is 0 Å². The van der Waals surface area contributed by atoms with Gasteiger partial charge in [-0.25, -0.2) is 4.57 Å². The van der Waals surface area contributed by atoms with E-state index in [-0.39, 0.29) is 19.4 Å². The Morgan fingerprint density at radius 2 is 0.980 bits per heavy atom. The number of allylic oxidation sites excluding steroid dienone is 2. The lowest BCUT2D eigenvalue weighted by molar-refractivity contribution is -0.161. The molecule has 0 fully saturated rings. The summed E-state index contributed by atoms with van der Waals surface area (Å²) in [6.45, 7) is 2.36. The van der Waals surface area contributed by atoms with Gasteiger partial charge >= 0.3 is 19.8 Å². The molecule has 0 saturated heterocycles. The monoisotopic (exact) mass is 735 g/mol. The van der Waals surface area contributed by atoms with Gasteiger partial charge in [0.05, 0.1) is 19.8 Å². The van der Waals surface area contributed by atoms with Crippen molar-refractivity contribution in [2.45, 2.75) is 199 Å². The van der Waals surface area contributed by atoms with E-state index >= 15 is 0 Å². The predicted molar refractivity (Wildman–Crippen MR) is 201 cm³/mol. The molecule has 0 heterocycles. The Labute approximate surface area is 305 Å². The molecule has 296 valence electrons. The van der Waals surface area contributed by atoms with Crippen LogP contribution in [-0.4, -0.2) is 65.7 Å². The van der Waals surface area contributed by atoms with Crippen molar-refractivity contribution in [3.63, 3.8) is 0 Å². The zero-order valence-corrected chi connectivity index (χ0v) is 32.8. The molecule has 3 atom stereocenters. The summed E-state index contributed by atoms with van der Waals surface area (Å²) >= 11 is 0. The van der Waals surface area contributed by atoms with Gasteiger partial charge < -0.3 is 24.6 Å². The minimum atomic E-state index is -4.61. The Morgan fingerprint density at radius 1 is 0.580 bits per heavy atom. The van der Waals surface area contributed by atoms with Gasteiger partial charge in [0.1, 0.15) is 12.7 Å². The average Bonchev–Trinajstić information content (AvgIpc) is 3.10. The van der Waals surface area contributed by atoms with Gasteiger partial charge in [-0.3, -0.25) is 18.6 Å². The Bertz CT molecular complexity index is 853. The van der Waals surface area contributed by atoms with Crippen molar-refractivity contribution >= 4 is 19.8 Å². The number of carbonyl (C=O) groups is 2. The first-order valence-electron chi connectivity index (χ1n) is 20.1. The van der Waals surface area contributed by atoms with Gasteiger partial charge in [0.2, 0.25) is 0 Å². The Hall–Kier alpha value is -1.29. The molecule has 0 spiro atoms. The first-order chi connectivity index (χ1) is 24.2. The zero-order chi connectivity index (χ0) is 37.0. The number of esters is 2. The minimum absolute atomic E-state index is 0.187. The number of unbranched alkanes of at least 4 members (excludes halogenated alkanes) is 22. The second-order valence-corrected chi connectivity index (χ2v) is 15.1. The highest BCUT2D eigenvalue weighted by Crippen LogP contribution is 2.43. The number of hydrogen-bond donors (Lipinski definition) is 3. The van der Waals surface area contributed by atoms with E-state index in [0.29, 0.717) is 12.8 Å². The normalized spacial score (nSPS) is 14.1. The largest absolute Gasteiger partial charge is 0.472 e. The number of hydrogen-bond acceptors (Lipinski definition) is 9. The predicted octanol–water partition coefficient (Wildman–Crippen LogP) is 10.1. The number of aliphatic hydroxyl groups excluding tert-OH is 2. The van der Waals surface area contributed by atoms with Gasteiger partial charge in [0.15, 0.2) is 6.10 Å². The van der Waals surface area contributed by atoms with E-state index in [2.05, 4.69) is 30.5 Å². The highest BCUT2D eigenvalue weighted by atomic mass is 31.2. The van der Waals surface area contributed by atoms with E-state index in [4.69, 9.17) is 19.1 Å². The maximum absolute atomic E-state index is 12.5. The van der Waals surface area contributed by atoms with Crippen LogP contribution in [-0.2, 0) is 32.7 Å². The van der Waals surface area contributed by atoms with E-state index in [1.807, 2.05) is 0 Å². The first kappa shape index (κ1) is 48.7. The summed E-state index contributed by atoms with van der Waals surface area (Å²) < 4.78 is 32.6. The van der Waals surface area contributed by atoms with Gasteiger partial charge in [-0.15, -0.1) is 0 Å². The van der Waals surface area contributed by atoms with Crippen LogP contribution in [0.2, 0.25) is 0 Å². The number of rotatable bonds is 38. The molecule has 3 N–H and O–H groups in total. The topological polar surface area (TPSA) is 149 Å². The third kappa shape index (κ3) is 35.1. The molecule has 10 nitrogen and oxygen atoms in total. The lowest BCUT2D eigenvalue weighted by Gasteiger charge is -2.20. The van der Waals surface area contributed by atoms with Crippen molar-refractivity contribution in [1.82, 2.24) is 0 Å². The Balaban J connectivity index is 4.27. The highest BCUT2D eigenvalue weighted by Gasteiger charge is 2.27. The maximum atomic E-state index is 12.5. The summed E-state index contributed by atoms with van der Waals surface area (Å²) in [6, 6.07) is 0. The molecule has 50 heavy (non-hydrogen) atoms. The molecule has 1 unspecified atom stereocenters. The molecule has 0 rings (SSSR count). The van der Waals surface area contributed by atoms with Gasteiger partial charge in [0.25, 0.3) is 0 Å². The van der Waals surface area contributed by atoms with Crippen LogP contribution in [0.1, 0.15) is 187 Å². The van der Waals surface area contributed by atoms with Crippen LogP contribution in [0.4, 0.5) is 0 Å². The first-order valence-corrected chi connectivity index (χ1v) is 21.6. The van der Waals surface area contributed by atoms with Crippen molar-refractivity contribution in [2.75, 3.05) is 26.4 Å². The fourth-order valence-electron chi connectivity index (χ4n) is 5.52. The van der Waals surface area contributed by atoms with Gasteiger partial charge in [-0.2, -0.15) is 0 Å². The van der Waals surface area contributed by atoms with E-state index in [1.54, 1.807) is 0 Å². The molecular formula is C39H75O10P. The van der Waals surface area contributed by atoms with Crippen molar-refractivity contribution in [1.29, 1.82) is 0 Å². The molecule has 0 aromatic rings. The van der Waals surface area contributed by atoms with Crippen molar-refractivity contribution in [2.24, 2.45) is 0 Å². The van der Waals surface area contributed by atoms with E-state index in [1.165, 1.54) is 103 Å². The van der Waals surface area contributed by atoms with Gasteiger partial charge in [-0.05, 0) is 38.5 Å². The standard InChI is InChI=1S/C39H75O10P/c1-3-5-7-9-11-13-15-16-17-18-19-20-21-23-24-26-28-30-38(42)46-34-37(35-48-50(44,45)47-33-36(41)32-40)49-39(43)31-29-27-25-22-14-12-10-8-6-4-2/h16-17,36-37,40-41H,3-15,18-35H2,1-2H3,(H,44,45)/b17-16-/t36-,37+/m0/s1. The maximum Gasteiger partial charge on any atom is 0.472 e. The molecule has 0 radical (unpaired) electrons. The van der Waals surface area contributed by atoms with Crippen LogP contribution in [0.25, 0.3) is 0 Å². The number of phosphoric acid groups is 1. The van der Waals surface area contributed by atoms with E-state index in [9.17, 15) is 24.2 Å². The number of ether oxygens (including phenoxy) is 2. The summed E-state index contributed by atoms with van der Waals surface area (Å²) in [7, 11) is -4.61. The summed E-state index contributed by atoms with van der Waals surface area (Å²) in [5.41, 5.74) is 0. The third-order valence-corrected chi connectivity index (χ3v) is 9.62. The molecule has 0 amide bonds. The molecule has 11 heteroatoms. The lowest BCUT2D eigenvalue weighted by atomic mass is 10.1. The molecule has 0 aromatic carbocycles. The molecule has 0 aliphatic heterocycles. The van der Waals surface area contributed by atoms with Crippen LogP contribution in [0.15, 0.2) is 12.2 Å². The molecular weight excluding hydrogens is 659 g/mol. The Kier molecular flexibility index (Phi) is 35.2. The summed E-state index contributed by atoms with van der Waals surface area (Å²) in [5, 5.41) is 18.3. The van der Waals surface area contributed by atoms with E-state index in [0.717, 1.165) is 44.9 Å². The molecule has 0 aromatic heterocycles. The number of aliphatic hydroxyl groups is 2. The number of phosphoric ester groups is 1. The van der Waals surface area contributed by atoms with Crippen molar-refractivity contribution < 1.29 is 47.8 Å². The second kappa shape index (κ2) is 36.1. The summed E-state index contributed by atoms with van der Waals surface area (Å²) in [4.78, 5) is 34.8. The van der Waals surface area contributed by atoms with Crippen LogP contribution >= 0.6 is 7.82 Å². The molecule has 0 aliphatic carbocycles. The van der Waals surface area contributed by atoms with Gasteiger partial charge in [0, 0.05) is 12.8 Å². The van der Waals surface area contributed by atoms with Crippen molar-refractivity contribution in [3.8, 4) is 0 Å². The fourth-order valence-corrected chi connectivity index (χ4v) is 6.31. The minimum Gasteiger partial charge on any atom is -0.462 e. The average molecular weight is 735 g/mol. The van der Waals surface area contributed by atoms with Crippen LogP contribution in [0, 0.1) is 0 Å². The molecule has 0 aliphatic rings. The van der Waals surface area contributed by atoms with Gasteiger partial charge in [-0.1, -0.05) is 148 Å². The van der Waals surface area contributed by atoms with Crippen LogP contribution in [0.5, 0.6) is 0 Å². The second-order valence-electron chi connectivity index (χ2n) is 13.7. The highest BCUT2D eigenvalue weighted by molar-refractivity contribution is 7.47. The quantitative estimate of drug-likeness (QED) is 0.0242. The van der Waals surface area contributed by atoms with Crippen LogP contribution in [0.3, 0.4) is 0 Å². The zero-order valence-electron chi connectivity index (χ0n) is 31.9. The Morgan fingerprint density at radius 3 is 1.44 bits per heavy atom. The summed E-state index contributed by atoms with van der Waals surface area (Å²) in [6.07, 6.45) is 31.8. The van der Waals surface area contributed by atoms with E-state index < -0.39 is 51.8 Å². The molecule has 0 bridgehead atoms. The molecule has 0 saturated carbocycles.